The van der Waals surface area contributed by atoms with Gasteiger partial charge in [0.2, 0.25) is 11.9 Å². The molecule has 1 N–H and O–H groups in total. The second-order valence-corrected chi connectivity index (χ2v) is 6.39. The van der Waals surface area contributed by atoms with E-state index in [4.69, 9.17) is 4.74 Å². The number of nitrogens with one attached hydrogen (secondary N) is 1. The molecule has 3 heterocycles. The lowest BCUT2D eigenvalue weighted by Crippen LogP contribution is -2.41. The highest BCUT2D eigenvalue weighted by molar-refractivity contribution is 5.90. The Balaban J connectivity index is 1.54. The van der Waals surface area contributed by atoms with Gasteiger partial charge in [0.05, 0.1) is 31.4 Å². The predicted octanol–water partition coefficient (Wildman–Crippen LogP) is 1.68. The van der Waals surface area contributed by atoms with Crippen molar-refractivity contribution in [3.8, 4) is 17.2 Å². The number of anilines is 1. The van der Waals surface area contributed by atoms with Crippen LogP contribution in [-0.4, -0.2) is 58.3 Å². The van der Waals surface area contributed by atoms with Crippen molar-refractivity contribution in [3.63, 3.8) is 0 Å². The summed E-state index contributed by atoms with van der Waals surface area (Å²) in [5.41, 5.74) is 1.98. The predicted molar refractivity (Wildman–Crippen MR) is 99.0 cm³/mol. The number of ether oxygens (including phenoxy) is 1. The molecular formula is C19H17FN6O2. The minimum absolute atomic E-state index is 0.190. The number of nitriles is 1. The molecule has 0 aliphatic carbocycles. The van der Waals surface area contributed by atoms with Crippen LogP contribution in [0.25, 0.3) is 16.8 Å². The normalized spacial score (nSPS) is 14.7. The Hall–Kier alpha value is -3.35. The van der Waals surface area contributed by atoms with Crippen LogP contribution >= 0.6 is 0 Å². The molecule has 1 saturated heterocycles. The molecular weight excluding hydrogens is 363 g/mol. The lowest BCUT2D eigenvalue weighted by molar-refractivity contribution is -0.118. The van der Waals surface area contributed by atoms with Crippen LogP contribution in [-0.2, 0) is 9.53 Å². The highest BCUT2D eigenvalue weighted by Gasteiger charge is 2.16. The summed E-state index contributed by atoms with van der Waals surface area (Å²) in [7, 11) is 0. The number of carbonyl (C=O) groups is 1. The monoisotopic (exact) mass is 380 g/mol. The molecule has 4 rings (SSSR count). The molecule has 1 amide bonds. The highest BCUT2D eigenvalue weighted by atomic mass is 19.1. The molecule has 0 unspecified atom stereocenters. The minimum atomic E-state index is -0.427. The number of hydrogen-bond donors (Lipinski definition) is 1. The number of rotatable bonds is 4. The number of benzene rings is 1. The summed E-state index contributed by atoms with van der Waals surface area (Å²) in [6, 6.07) is 9.49. The molecule has 0 spiro atoms. The van der Waals surface area contributed by atoms with Gasteiger partial charge in [-0.1, -0.05) is 0 Å². The highest BCUT2D eigenvalue weighted by Crippen LogP contribution is 2.25. The van der Waals surface area contributed by atoms with Crippen LogP contribution in [0.2, 0.25) is 0 Å². The van der Waals surface area contributed by atoms with Gasteiger partial charge in [0, 0.05) is 30.4 Å². The number of hydrogen-bond acceptors (Lipinski definition) is 6. The zero-order valence-corrected chi connectivity index (χ0v) is 14.9. The first-order valence-corrected chi connectivity index (χ1v) is 8.79. The second kappa shape index (κ2) is 7.72. The average molecular weight is 380 g/mol. The maximum absolute atomic E-state index is 13.6. The van der Waals surface area contributed by atoms with Gasteiger partial charge < -0.3 is 4.74 Å². The Bertz CT molecular complexity index is 1070. The molecule has 1 fully saturated rings. The van der Waals surface area contributed by atoms with Gasteiger partial charge in [-0.2, -0.15) is 10.2 Å². The van der Waals surface area contributed by atoms with Gasteiger partial charge in [-0.15, -0.1) is 5.10 Å². The Morgan fingerprint density at radius 1 is 1.29 bits per heavy atom. The zero-order valence-electron chi connectivity index (χ0n) is 14.9. The Morgan fingerprint density at radius 2 is 2.11 bits per heavy atom. The summed E-state index contributed by atoms with van der Waals surface area (Å²) in [6.45, 7) is 2.91. The molecule has 9 heteroatoms. The Morgan fingerprint density at radius 3 is 2.89 bits per heavy atom. The lowest BCUT2D eigenvalue weighted by atomic mass is 10.0. The molecule has 0 saturated carbocycles. The maximum Gasteiger partial charge on any atom is 0.249 e. The van der Waals surface area contributed by atoms with E-state index < -0.39 is 5.82 Å². The summed E-state index contributed by atoms with van der Waals surface area (Å²) in [4.78, 5) is 18.5. The van der Waals surface area contributed by atoms with Crippen LogP contribution in [0.3, 0.4) is 0 Å². The third-order valence-corrected chi connectivity index (χ3v) is 4.47. The molecule has 8 nitrogen and oxygen atoms in total. The van der Waals surface area contributed by atoms with E-state index in [1.807, 2.05) is 4.90 Å². The Labute approximate surface area is 160 Å². The molecule has 142 valence electrons. The summed E-state index contributed by atoms with van der Waals surface area (Å²) < 4.78 is 20.4. The van der Waals surface area contributed by atoms with E-state index in [9.17, 15) is 14.4 Å². The fourth-order valence-corrected chi connectivity index (χ4v) is 3.07. The van der Waals surface area contributed by atoms with Crippen LogP contribution < -0.4 is 5.32 Å². The van der Waals surface area contributed by atoms with Crippen molar-refractivity contribution in [2.45, 2.75) is 0 Å². The van der Waals surface area contributed by atoms with Crippen LogP contribution in [0.15, 0.2) is 36.5 Å². The molecule has 0 radical (unpaired) electrons. The standard InChI is InChI=1S/C19H17FN6O2/c20-15-3-1-13(10-21)16(9-15)14-2-4-17-22-19(24-26(17)11-14)23-18(27)12-25-5-7-28-8-6-25/h1-4,9,11H,5-8,12H2,(H,23,24,27). The van der Waals surface area contributed by atoms with Gasteiger partial charge in [0.1, 0.15) is 5.82 Å². The quantitative estimate of drug-likeness (QED) is 0.740. The third kappa shape index (κ3) is 3.83. The van der Waals surface area contributed by atoms with Gasteiger partial charge in [0.25, 0.3) is 0 Å². The smallest absolute Gasteiger partial charge is 0.249 e. The molecule has 2 aromatic heterocycles. The average Bonchev–Trinajstić information content (AvgIpc) is 3.09. The fourth-order valence-electron chi connectivity index (χ4n) is 3.07. The summed E-state index contributed by atoms with van der Waals surface area (Å²) in [5, 5.41) is 16.2. The van der Waals surface area contributed by atoms with E-state index in [0.29, 0.717) is 48.6 Å². The second-order valence-electron chi connectivity index (χ2n) is 6.39. The van der Waals surface area contributed by atoms with Crippen molar-refractivity contribution in [3.05, 3.63) is 47.9 Å². The lowest BCUT2D eigenvalue weighted by Gasteiger charge is -2.25. The molecule has 0 atom stereocenters. The first kappa shape index (κ1) is 18.0. The van der Waals surface area contributed by atoms with Gasteiger partial charge in [-0.05, 0) is 30.3 Å². The number of aromatic nitrogens is 3. The topological polar surface area (TPSA) is 95.5 Å². The molecule has 28 heavy (non-hydrogen) atoms. The van der Waals surface area contributed by atoms with Crippen molar-refractivity contribution in [1.29, 1.82) is 5.26 Å². The molecule has 1 aliphatic heterocycles. The van der Waals surface area contributed by atoms with Gasteiger partial charge in [0.15, 0.2) is 5.65 Å². The summed E-state index contributed by atoms with van der Waals surface area (Å²) >= 11 is 0. The minimum Gasteiger partial charge on any atom is -0.379 e. The van der Waals surface area contributed by atoms with Crippen LogP contribution in [0.4, 0.5) is 10.3 Å². The number of pyridine rings is 1. The maximum atomic E-state index is 13.6. The van der Waals surface area contributed by atoms with Crippen LogP contribution in [0.5, 0.6) is 0 Å². The van der Waals surface area contributed by atoms with E-state index in [0.717, 1.165) is 0 Å². The first-order chi connectivity index (χ1) is 13.6. The molecule has 1 aromatic carbocycles. The largest absolute Gasteiger partial charge is 0.379 e. The zero-order chi connectivity index (χ0) is 19.5. The number of morpholine rings is 1. The first-order valence-electron chi connectivity index (χ1n) is 8.79. The van der Waals surface area contributed by atoms with Crippen molar-refractivity contribution in [2.75, 3.05) is 38.2 Å². The van der Waals surface area contributed by atoms with Crippen molar-refractivity contribution >= 4 is 17.5 Å². The molecule has 3 aromatic rings. The molecule has 0 bridgehead atoms. The Kier molecular flexibility index (Phi) is 4.97. The number of fused-ring (bicyclic) bond motifs is 1. The van der Waals surface area contributed by atoms with E-state index in [-0.39, 0.29) is 18.4 Å². The van der Waals surface area contributed by atoms with Gasteiger partial charge >= 0.3 is 0 Å². The van der Waals surface area contributed by atoms with E-state index in [2.05, 4.69) is 21.5 Å². The number of halogens is 1. The summed E-state index contributed by atoms with van der Waals surface area (Å²) in [6.07, 6.45) is 1.65. The van der Waals surface area contributed by atoms with Gasteiger partial charge in [-0.3, -0.25) is 15.0 Å². The van der Waals surface area contributed by atoms with Crippen molar-refractivity contribution < 1.29 is 13.9 Å². The fraction of sp³-hybridized carbons (Fsp3) is 0.263. The number of nitrogens with zero attached hydrogens (tertiary/aromatic N) is 5. The van der Waals surface area contributed by atoms with E-state index in [1.165, 1.54) is 22.7 Å². The SMILES string of the molecule is N#Cc1ccc(F)cc1-c1ccc2nc(NC(=O)CN3CCOCC3)nn2c1. The third-order valence-electron chi connectivity index (χ3n) is 4.47. The van der Waals surface area contributed by atoms with E-state index >= 15 is 0 Å². The number of amides is 1. The van der Waals surface area contributed by atoms with Crippen molar-refractivity contribution in [2.24, 2.45) is 0 Å². The summed E-state index contributed by atoms with van der Waals surface area (Å²) in [5.74, 6) is -0.436. The molecule has 1 aliphatic rings. The van der Waals surface area contributed by atoms with Crippen LogP contribution in [0, 0.1) is 17.1 Å². The van der Waals surface area contributed by atoms with Crippen molar-refractivity contribution in [1.82, 2.24) is 19.5 Å². The van der Waals surface area contributed by atoms with Gasteiger partial charge in [-0.25, -0.2) is 8.91 Å². The van der Waals surface area contributed by atoms with E-state index in [1.54, 1.807) is 18.3 Å². The number of carbonyl (C=O) groups excluding carboxylic acids is 1. The van der Waals surface area contributed by atoms with Crippen LogP contribution in [0.1, 0.15) is 5.56 Å².